The summed E-state index contributed by atoms with van der Waals surface area (Å²) in [6, 6.07) is 0. The number of likely N-dealkylation sites (tertiary alicyclic amines) is 1. The van der Waals surface area contributed by atoms with Crippen LogP contribution in [0.4, 0.5) is 0 Å². The molecule has 0 aliphatic carbocycles. The number of nitrogens with zero attached hydrogens (tertiary/aromatic N) is 4. The zero-order valence-electron chi connectivity index (χ0n) is 13.3. The van der Waals surface area contributed by atoms with E-state index in [4.69, 9.17) is 9.47 Å². The van der Waals surface area contributed by atoms with Crippen molar-refractivity contribution in [3.63, 3.8) is 0 Å². The number of hydrogen-bond acceptors (Lipinski definition) is 7. The average Bonchev–Trinajstić information content (AvgIpc) is 3.13. The zero-order chi connectivity index (χ0) is 16.4. The molecule has 0 spiro atoms. The van der Waals surface area contributed by atoms with E-state index in [1.807, 2.05) is 13.8 Å². The molecule has 8 heteroatoms. The lowest BCUT2D eigenvalue weighted by Gasteiger charge is -2.17. The van der Waals surface area contributed by atoms with Crippen molar-refractivity contribution in [2.45, 2.75) is 26.4 Å². The minimum Gasteiger partial charge on any atom is -0.477 e. The molecular weight excluding hydrogens is 316 g/mol. The molecule has 0 aromatic carbocycles. The lowest BCUT2D eigenvalue weighted by molar-refractivity contribution is 0.0774. The Balaban J connectivity index is 1.66. The molecular formula is C15H18N4O3S. The van der Waals surface area contributed by atoms with Gasteiger partial charge in [0, 0.05) is 25.4 Å². The van der Waals surface area contributed by atoms with Gasteiger partial charge in [0.2, 0.25) is 0 Å². The van der Waals surface area contributed by atoms with Crippen molar-refractivity contribution in [1.29, 1.82) is 0 Å². The van der Waals surface area contributed by atoms with Crippen molar-refractivity contribution < 1.29 is 14.3 Å². The first kappa shape index (κ1) is 15.7. The lowest BCUT2D eigenvalue weighted by atomic mass is 10.3. The van der Waals surface area contributed by atoms with E-state index in [1.165, 1.54) is 18.4 Å². The first-order valence-corrected chi connectivity index (χ1v) is 8.15. The number of hydrogen-bond donors (Lipinski definition) is 0. The number of aryl methyl sites for hydroxylation is 2. The maximum Gasteiger partial charge on any atom is 0.278 e. The second kappa shape index (κ2) is 6.49. The minimum absolute atomic E-state index is 0.0188. The monoisotopic (exact) mass is 334 g/mol. The number of amides is 1. The van der Waals surface area contributed by atoms with E-state index in [9.17, 15) is 4.79 Å². The van der Waals surface area contributed by atoms with Crippen LogP contribution < -0.4 is 9.47 Å². The highest BCUT2D eigenvalue weighted by Gasteiger charge is 2.31. The van der Waals surface area contributed by atoms with Gasteiger partial charge in [-0.25, -0.2) is 15.0 Å². The summed E-state index contributed by atoms with van der Waals surface area (Å²) >= 11 is 1.44. The van der Waals surface area contributed by atoms with Crippen LogP contribution in [0.2, 0.25) is 0 Å². The van der Waals surface area contributed by atoms with E-state index in [2.05, 4.69) is 15.0 Å². The van der Waals surface area contributed by atoms with Gasteiger partial charge in [0.15, 0.2) is 0 Å². The molecule has 23 heavy (non-hydrogen) atoms. The van der Waals surface area contributed by atoms with Gasteiger partial charge in [-0.1, -0.05) is 0 Å². The minimum atomic E-state index is -0.112. The summed E-state index contributed by atoms with van der Waals surface area (Å²) in [5.41, 5.74) is 0.789. The smallest absolute Gasteiger partial charge is 0.278 e. The number of rotatable bonds is 4. The highest BCUT2D eigenvalue weighted by Crippen LogP contribution is 2.26. The highest BCUT2D eigenvalue weighted by molar-refractivity contribution is 7.13. The average molecular weight is 334 g/mol. The number of aromatic nitrogens is 3. The molecule has 1 aliphatic rings. The number of carbonyl (C=O) groups is 1. The van der Waals surface area contributed by atoms with Crippen LogP contribution >= 0.6 is 11.3 Å². The van der Waals surface area contributed by atoms with Crippen LogP contribution in [0.1, 0.15) is 26.8 Å². The standard InChI is InChI=1S/C15H18N4O3S/c1-9-12(23-10(2)18-9)15(20)19-7-4-11(8-19)22-14-13(21-3)16-5-6-17-14/h5-6,11H,4,7-8H2,1-3H3/t11-/m0/s1. The van der Waals surface area contributed by atoms with Gasteiger partial charge in [0.05, 0.1) is 24.4 Å². The molecule has 2 aromatic rings. The second-order valence-electron chi connectivity index (χ2n) is 5.30. The van der Waals surface area contributed by atoms with Gasteiger partial charge in [-0.05, 0) is 13.8 Å². The Kier molecular flexibility index (Phi) is 4.42. The maximum absolute atomic E-state index is 12.6. The van der Waals surface area contributed by atoms with Gasteiger partial charge >= 0.3 is 0 Å². The Morgan fingerprint density at radius 3 is 2.70 bits per heavy atom. The van der Waals surface area contributed by atoms with E-state index < -0.39 is 0 Å². The summed E-state index contributed by atoms with van der Waals surface area (Å²) in [6.45, 7) is 4.95. The fraction of sp³-hybridized carbons (Fsp3) is 0.467. The van der Waals surface area contributed by atoms with Gasteiger partial charge in [-0.15, -0.1) is 11.3 Å². The van der Waals surface area contributed by atoms with Crippen molar-refractivity contribution in [2.24, 2.45) is 0 Å². The van der Waals surface area contributed by atoms with Crippen LogP contribution in [0.25, 0.3) is 0 Å². The van der Waals surface area contributed by atoms with Crippen LogP contribution in [-0.2, 0) is 0 Å². The first-order chi connectivity index (χ1) is 11.1. The number of carbonyl (C=O) groups excluding carboxylic acids is 1. The molecule has 1 atom stereocenters. The van der Waals surface area contributed by atoms with Crippen LogP contribution in [0.3, 0.4) is 0 Å². The SMILES string of the molecule is COc1nccnc1O[C@H]1CCN(C(=O)c2sc(C)nc2C)C1. The van der Waals surface area contributed by atoms with E-state index in [1.54, 1.807) is 17.3 Å². The van der Waals surface area contributed by atoms with Crippen LogP contribution in [0.15, 0.2) is 12.4 Å². The normalized spacial score (nSPS) is 17.3. The molecule has 7 nitrogen and oxygen atoms in total. The van der Waals surface area contributed by atoms with Crippen LogP contribution in [0, 0.1) is 13.8 Å². The predicted octanol–water partition coefficient (Wildman–Crippen LogP) is 1.85. The highest BCUT2D eigenvalue weighted by atomic mass is 32.1. The quantitative estimate of drug-likeness (QED) is 0.849. The fourth-order valence-corrected chi connectivity index (χ4v) is 3.46. The molecule has 1 saturated heterocycles. The van der Waals surface area contributed by atoms with Crippen molar-refractivity contribution in [1.82, 2.24) is 19.9 Å². The molecule has 1 aliphatic heterocycles. The number of thiazole rings is 1. The topological polar surface area (TPSA) is 77.4 Å². The molecule has 3 heterocycles. The molecule has 122 valence electrons. The Morgan fingerprint density at radius 1 is 1.30 bits per heavy atom. The van der Waals surface area contributed by atoms with Crippen LogP contribution in [0.5, 0.6) is 11.8 Å². The van der Waals surface area contributed by atoms with Gasteiger partial charge in [-0.3, -0.25) is 4.79 Å². The van der Waals surface area contributed by atoms with Gasteiger partial charge in [0.25, 0.3) is 17.7 Å². The van der Waals surface area contributed by atoms with Gasteiger partial charge < -0.3 is 14.4 Å². The molecule has 3 rings (SSSR count). The number of ether oxygens (including phenoxy) is 2. The molecule has 2 aromatic heterocycles. The van der Waals surface area contributed by atoms with E-state index >= 15 is 0 Å². The van der Waals surface area contributed by atoms with Gasteiger partial charge in [0.1, 0.15) is 11.0 Å². The lowest BCUT2D eigenvalue weighted by Crippen LogP contribution is -2.31. The van der Waals surface area contributed by atoms with E-state index in [0.29, 0.717) is 29.7 Å². The summed E-state index contributed by atoms with van der Waals surface area (Å²) in [7, 11) is 1.52. The van der Waals surface area contributed by atoms with Crippen molar-refractivity contribution in [2.75, 3.05) is 20.2 Å². The Morgan fingerprint density at radius 2 is 2.04 bits per heavy atom. The number of methoxy groups -OCH3 is 1. The van der Waals surface area contributed by atoms with Gasteiger partial charge in [-0.2, -0.15) is 0 Å². The Bertz CT molecular complexity index is 718. The predicted molar refractivity (Wildman–Crippen MR) is 85.1 cm³/mol. The van der Waals surface area contributed by atoms with E-state index in [-0.39, 0.29) is 12.0 Å². The molecule has 0 saturated carbocycles. The largest absolute Gasteiger partial charge is 0.477 e. The summed E-state index contributed by atoms with van der Waals surface area (Å²) in [5, 5.41) is 0.905. The summed E-state index contributed by atoms with van der Waals surface area (Å²) in [5.74, 6) is 0.732. The Hall–Kier alpha value is -2.22. The van der Waals surface area contributed by atoms with Crippen molar-refractivity contribution >= 4 is 17.2 Å². The second-order valence-corrected chi connectivity index (χ2v) is 6.50. The summed E-state index contributed by atoms with van der Waals surface area (Å²) < 4.78 is 11.0. The zero-order valence-corrected chi connectivity index (χ0v) is 14.1. The van der Waals surface area contributed by atoms with Crippen molar-refractivity contribution in [3.05, 3.63) is 28.0 Å². The van der Waals surface area contributed by atoms with E-state index in [0.717, 1.165) is 17.1 Å². The summed E-state index contributed by atoms with van der Waals surface area (Å²) in [4.78, 5) is 27.6. The third-order valence-electron chi connectivity index (χ3n) is 3.63. The van der Waals surface area contributed by atoms with Crippen LogP contribution in [-0.4, -0.2) is 52.1 Å². The summed E-state index contributed by atoms with van der Waals surface area (Å²) in [6.07, 6.45) is 3.74. The molecule has 1 fully saturated rings. The third-order valence-corrected chi connectivity index (χ3v) is 4.70. The first-order valence-electron chi connectivity index (χ1n) is 7.33. The van der Waals surface area contributed by atoms with Crippen molar-refractivity contribution in [3.8, 4) is 11.8 Å². The molecule has 0 radical (unpaired) electrons. The third kappa shape index (κ3) is 3.26. The molecule has 0 unspecified atom stereocenters. The molecule has 0 bridgehead atoms. The Labute approximate surface area is 138 Å². The molecule has 1 amide bonds. The fourth-order valence-electron chi connectivity index (χ4n) is 2.57. The maximum atomic E-state index is 12.6. The molecule has 0 N–H and O–H groups in total.